The minimum atomic E-state index is -0.218. The summed E-state index contributed by atoms with van der Waals surface area (Å²) in [4.78, 5) is 18.9. The average molecular weight is 454 g/mol. The van der Waals surface area contributed by atoms with E-state index in [0.29, 0.717) is 11.3 Å². The first-order valence-electron chi connectivity index (χ1n) is 10.8. The summed E-state index contributed by atoms with van der Waals surface area (Å²) in [5.41, 5.74) is 1.57. The van der Waals surface area contributed by atoms with Gasteiger partial charge in [-0.05, 0) is 54.8 Å². The number of ether oxygens (including phenoxy) is 1. The van der Waals surface area contributed by atoms with Gasteiger partial charge in [-0.25, -0.2) is 4.39 Å². The Hall–Kier alpha value is -2.90. The van der Waals surface area contributed by atoms with E-state index in [1.54, 1.807) is 30.6 Å². The van der Waals surface area contributed by atoms with E-state index >= 15 is 0 Å². The van der Waals surface area contributed by atoms with Gasteiger partial charge in [0.2, 0.25) is 0 Å². The number of para-hydroxylation sites is 1. The van der Waals surface area contributed by atoms with Crippen LogP contribution in [0.15, 0.2) is 66.0 Å². The molecule has 5 nitrogen and oxygen atoms in total. The van der Waals surface area contributed by atoms with Gasteiger partial charge in [0.1, 0.15) is 11.6 Å². The maximum absolute atomic E-state index is 13.3. The lowest BCUT2D eigenvalue weighted by Gasteiger charge is -2.42. The van der Waals surface area contributed by atoms with Crippen molar-refractivity contribution in [2.75, 3.05) is 38.2 Å². The normalized spacial score (nSPS) is 16.4. The monoisotopic (exact) mass is 453 g/mol. The van der Waals surface area contributed by atoms with Crippen LogP contribution in [0.4, 0.5) is 10.1 Å². The van der Waals surface area contributed by atoms with E-state index in [-0.39, 0.29) is 23.8 Å². The number of nitrogens with zero attached hydrogens (tertiary/aromatic N) is 2. The molecule has 0 saturated carbocycles. The van der Waals surface area contributed by atoms with Gasteiger partial charge in [0.25, 0.3) is 5.91 Å². The minimum absolute atomic E-state index is 0.0732. The number of piperazine rings is 1. The van der Waals surface area contributed by atoms with E-state index in [1.807, 2.05) is 24.3 Å². The van der Waals surface area contributed by atoms with Crippen molar-refractivity contribution in [2.24, 2.45) is 0 Å². The molecule has 4 rings (SSSR count). The fourth-order valence-corrected chi connectivity index (χ4v) is 5.27. The first-order chi connectivity index (χ1) is 15.6. The number of thiophene rings is 1. The summed E-state index contributed by atoms with van der Waals surface area (Å²) < 4.78 is 18.6. The van der Waals surface area contributed by atoms with E-state index in [2.05, 4.69) is 39.6 Å². The van der Waals surface area contributed by atoms with Gasteiger partial charge in [-0.15, -0.1) is 11.3 Å². The third kappa shape index (κ3) is 4.95. The molecule has 1 saturated heterocycles. The Morgan fingerprint density at radius 1 is 1.03 bits per heavy atom. The molecular formula is C25H28FN3O2S. The smallest absolute Gasteiger partial charge is 0.255 e. The molecular weight excluding hydrogens is 425 g/mol. The predicted molar refractivity (Wildman–Crippen MR) is 127 cm³/mol. The number of carbonyl (C=O) groups excluding carboxylic acids is 1. The lowest BCUT2D eigenvalue weighted by Crippen LogP contribution is -2.52. The maximum Gasteiger partial charge on any atom is 0.255 e. The first kappa shape index (κ1) is 22.3. The average Bonchev–Trinajstić information content (AvgIpc) is 3.34. The third-order valence-electron chi connectivity index (χ3n) is 5.92. The van der Waals surface area contributed by atoms with E-state index in [0.717, 1.165) is 31.9 Å². The highest BCUT2D eigenvalue weighted by Gasteiger charge is 2.31. The largest absolute Gasteiger partial charge is 0.496 e. The number of anilines is 1. The molecule has 32 heavy (non-hydrogen) atoms. The van der Waals surface area contributed by atoms with E-state index in [9.17, 15) is 9.18 Å². The Bertz CT molecular complexity index is 1020. The molecule has 7 heteroatoms. The molecule has 0 bridgehead atoms. The van der Waals surface area contributed by atoms with Crippen molar-refractivity contribution in [2.45, 2.75) is 19.0 Å². The van der Waals surface area contributed by atoms with E-state index < -0.39 is 0 Å². The van der Waals surface area contributed by atoms with Crippen LogP contribution in [-0.4, -0.2) is 50.1 Å². The zero-order valence-corrected chi connectivity index (χ0v) is 19.1. The number of rotatable bonds is 7. The van der Waals surface area contributed by atoms with Crippen molar-refractivity contribution in [1.82, 2.24) is 10.2 Å². The Kier molecular flexibility index (Phi) is 7.07. The zero-order valence-electron chi connectivity index (χ0n) is 18.3. The van der Waals surface area contributed by atoms with Gasteiger partial charge >= 0.3 is 0 Å². The van der Waals surface area contributed by atoms with Crippen LogP contribution < -0.4 is 15.0 Å². The number of hydrogen-bond donors (Lipinski definition) is 1. The Morgan fingerprint density at radius 2 is 1.75 bits per heavy atom. The highest BCUT2D eigenvalue weighted by molar-refractivity contribution is 7.10. The van der Waals surface area contributed by atoms with Crippen molar-refractivity contribution in [3.63, 3.8) is 0 Å². The van der Waals surface area contributed by atoms with Crippen molar-refractivity contribution >= 4 is 22.9 Å². The number of methoxy groups -OCH3 is 1. The molecule has 2 aromatic carbocycles. The summed E-state index contributed by atoms with van der Waals surface area (Å²) in [5.74, 6) is 0.212. The van der Waals surface area contributed by atoms with Crippen molar-refractivity contribution in [1.29, 1.82) is 0 Å². The Labute approximate surface area is 192 Å². The number of benzene rings is 2. The first-order valence-corrected chi connectivity index (χ1v) is 11.7. The van der Waals surface area contributed by atoms with Crippen molar-refractivity contribution in [3.05, 3.63) is 82.3 Å². The molecule has 1 fully saturated rings. The summed E-state index contributed by atoms with van der Waals surface area (Å²) in [6, 6.07) is 18.1. The number of halogens is 1. The second-order valence-electron chi connectivity index (χ2n) is 7.92. The molecule has 2 atom stereocenters. The maximum atomic E-state index is 13.3. The fraction of sp³-hybridized carbons (Fsp3) is 0.320. The number of amides is 1. The topological polar surface area (TPSA) is 44.8 Å². The SMILES string of the molecule is COc1ccccc1C(=O)N[C@@H](C)[C@H](c1cccs1)N1CCN(c2ccc(F)cc2)CC1. The second-order valence-corrected chi connectivity index (χ2v) is 8.90. The fourth-order valence-electron chi connectivity index (χ4n) is 4.31. The van der Waals surface area contributed by atoms with Gasteiger partial charge in [0.05, 0.1) is 18.7 Å². The predicted octanol–water partition coefficient (Wildman–Crippen LogP) is 4.58. The molecule has 1 aromatic heterocycles. The van der Waals surface area contributed by atoms with Crippen LogP contribution >= 0.6 is 11.3 Å². The third-order valence-corrected chi connectivity index (χ3v) is 6.86. The molecule has 1 N–H and O–H groups in total. The molecule has 0 spiro atoms. The molecule has 2 heterocycles. The molecule has 3 aromatic rings. The number of nitrogens with one attached hydrogen (secondary N) is 1. The summed E-state index contributed by atoms with van der Waals surface area (Å²) in [5, 5.41) is 5.27. The molecule has 1 amide bonds. The van der Waals surface area contributed by atoms with Gasteiger partial charge in [-0.3, -0.25) is 9.69 Å². The highest BCUT2D eigenvalue weighted by Crippen LogP contribution is 2.31. The van der Waals surface area contributed by atoms with Gasteiger partial charge in [-0.2, -0.15) is 0 Å². The molecule has 168 valence electrons. The second kappa shape index (κ2) is 10.1. The number of hydrogen-bond acceptors (Lipinski definition) is 5. The van der Waals surface area contributed by atoms with Crippen LogP contribution in [-0.2, 0) is 0 Å². The summed E-state index contributed by atoms with van der Waals surface area (Å²) in [6.07, 6.45) is 0. The molecule has 0 radical (unpaired) electrons. The summed E-state index contributed by atoms with van der Waals surface area (Å²) >= 11 is 1.71. The molecule has 1 aliphatic heterocycles. The quantitative estimate of drug-likeness (QED) is 0.569. The van der Waals surface area contributed by atoms with Crippen LogP contribution in [0, 0.1) is 5.82 Å². The standard InChI is InChI=1S/C25H28FN3O2S/c1-18(27-25(30)21-6-3-4-7-22(21)31-2)24(23-8-5-17-32-23)29-15-13-28(14-16-29)20-11-9-19(26)10-12-20/h3-12,17-18,24H,13-16H2,1-2H3,(H,27,30)/t18-,24+/m0/s1. The van der Waals surface area contributed by atoms with Crippen LogP contribution in [0.2, 0.25) is 0 Å². The summed E-state index contributed by atoms with van der Waals surface area (Å²) in [7, 11) is 1.57. The van der Waals surface area contributed by atoms with Crippen LogP contribution in [0.25, 0.3) is 0 Å². The van der Waals surface area contributed by atoms with Crippen LogP contribution in [0.5, 0.6) is 5.75 Å². The van der Waals surface area contributed by atoms with Gasteiger partial charge in [0, 0.05) is 42.8 Å². The van der Waals surface area contributed by atoms with Gasteiger partial charge in [-0.1, -0.05) is 18.2 Å². The Balaban J connectivity index is 1.47. The van der Waals surface area contributed by atoms with Crippen molar-refractivity contribution in [3.8, 4) is 5.75 Å². The molecule has 1 aliphatic rings. The molecule has 0 aliphatic carbocycles. The van der Waals surface area contributed by atoms with E-state index in [4.69, 9.17) is 4.74 Å². The number of carbonyl (C=O) groups is 1. The Morgan fingerprint density at radius 3 is 2.41 bits per heavy atom. The van der Waals surface area contributed by atoms with Crippen LogP contribution in [0.3, 0.4) is 0 Å². The van der Waals surface area contributed by atoms with Gasteiger partial charge < -0.3 is 15.0 Å². The van der Waals surface area contributed by atoms with E-state index in [1.165, 1.54) is 17.0 Å². The zero-order chi connectivity index (χ0) is 22.5. The minimum Gasteiger partial charge on any atom is -0.496 e. The van der Waals surface area contributed by atoms with Gasteiger partial charge in [0.15, 0.2) is 0 Å². The molecule has 0 unspecified atom stereocenters. The lowest BCUT2D eigenvalue weighted by molar-refractivity contribution is 0.0887. The van der Waals surface area contributed by atoms with Crippen LogP contribution in [0.1, 0.15) is 28.2 Å². The summed E-state index contributed by atoms with van der Waals surface area (Å²) in [6.45, 7) is 5.47. The lowest BCUT2D eigenvalue weighted by atomic mass is 10.0. The van der Waals surface area contributed by atoms with Crippen molar-refractivity contribution < 1.29 is 13.9 Å². The highest BCUT2D eigenvalue weighted by atomic mass is 32.1.